The molecule has 0 bridgehead atoms. The Morgan fingerprint density at radius 2 is 2.15 bits per heavy atom. The van der Waals surface area contributed by atoms with Gasteiger partial charge in [0.15, 0.2) is 5.96 Å². The van der Waals surface area contributed by atoms with Crippen molar-refractivity contribution in [3.63, 3.8) is 0 Å². The van der Waals surface area contributed by atoms with E-state index in [4.69, 9.17) is 10.5 Å². The van der Waals surface area contributed by atoms with Gasteiger partial charge in [0.1, 0.15) is 5.75 Å². The van der Waals surface area contributed by atoms with Crippen molar-refractivity contribution in [3.8, 4) is 5.75 Å². The number of nitrogens with one attached hydrogen (secondary N) is 1. The van der Waals surface area contributed by atoms with Crippen molar-refractivity contribution in [1.82, 2.24) is 15.1 Å². The number of hydrogen-bond acceptors (Lipinski definition) is 3. The number of aliphatic imine (C=N–C) groups is 1. The number of guanidine groups is 1. The number of benzene rings is 1. The summed E-state index contributed by atoms with van der Waals surface area (Å²) in [5.41, 5.74) is 10.9. The van der Waals surface area contributed by atoms with E-state index in [1.807, 2.05) is 29.9 Å². The number of para-hydroxylation sites is 1. The van der Waals surface area contributed by atoms with Gasteiger partial charge in [-0.2, -0.15) is 5.10 Å². The van der Waals surface area contributed by atoms with E-state index in [2.05, 4.69) is 35.3 Å². The van der Waals surface area contributed by atoms with E-state index in [-0.39, 0.29) is 30.0 Å². The van der Waals surface area contributed by atoms with Gasteiger partial charge in [-0.15, -0.1) is 24.0 Å². The van der Waals surface area contributed by atoms with Gasteiger partial charge in [-0.1, -0.05) is 18.2 Å². The van der Waals surface area contributed by atoms with Gasteiger partial charge < -0.3 is 15.8 Å². The molecule has 7 heteroatoms. The van der Waals surface area contributed by atoms with E-state index in [0.29, 0.717) is 19.1 Å². The van der Waals surface area contributed by atoms with Gasteiger partial charge in [0.05, 0.1) is 18.3 Å². The first kappa shape index (κ1) is 20.5. The van der Waals surface area contributed by atoms with Crippen molar-refractivity contribution in [2.45, 2.75) is 39.2 Å². The lowest BCUT2D eigenvalue weighted by atomic mass is 10.0. The number of fused-ring (bicyclic) bond motifs is 1. The Bertz CT molecular complexity index is 771. The van der Waals surface area contributed by atoms with Gasteiger partial charge in [0.25, 0.3) is 0 Å². The van der Waals surface area contributed by atoms with Crippen LogP contribution in [0.25, 0.3) is 0 Å². The molecule has 1 aromatic carbocycles. The summed E-state index contributed by atoms with van der Waals surface area (Å²) in [7, 11) is 1.98. The number of nitrogens with two attached hydrogens (primary N) is 1. The van der Waals surface area contributed by atoms with Crippen LogP contribution in [0.4, 0.5) is 0 Å². The summed E-state index contributed by atoms with van der Waals surface area (Å²) in [6.45, 7) is 5.57. The molecule has 0 fully saturated rings. The molecule has 2 aromatic rings. The Labute approximate surface area is 172 Å². The van der Waals surface area contributed by atoms with Crippen LogP contribution in [0.3, 0.4) is 0 Å². The normalized spacial score (nSPS) is 16.4. The number of ether oxygens (including phenoxy) is 1. The van der Waals surface area contributed by atoms with Crippen LogP contribution in [0.5, 0.6) is 5.75 Å². The molecule has 0 aliphatic carbocycles. The topological polar surface area (TPSA) is 77.5 Å². The number of halogens is 1. The summed E-state index contributed by atoms with van der Waals surface area (Å²) in [6.07, 6.45) is 2.82. The Balaban J connectivity index is 0.00000243. The van der Waals surface area contributed by atoms with Gasteiger partial charge >= 0.3 is 0 Å². The fourth-order valence-electron chi connectivity index (χ4n) is 3.35. The van der Waals surface area contributed by atoms with Crippen LogP contribution in [0.1, 0.15) is 41.4 Å². The molecule has 6 nitrogen and oxygen atoms in total. The minimum atomic E-state index is 0. The van der Waals surface area contributed by atoms with Crippen molar-refractivity contribution < 1.29 is 4.74 Å². The third-order valence-corrected chi connectivity index (χ3v) is 4.81. The molecule has 0 amide bonds. The summed E-state index contributed by atoms with van der Waals surface area (Å²) < 4.78 is 7.62. The molecular formula is C19H28IN5O. The third-order valence-electron chi connectivity index (χ3n) is 4.81. The number of nitrogens with zero attached hydrogens (tertiary/aromatic N) is 3. The van der Waals surface area contributed by atoms with Gasteiger partial charge in [-0.3, -0.25) is 9.67 Å². The fourth-order valence-corrected chi connectivity index (χ4v) is 3.35. The molecule has 0 saturated heterocycles. The maximum absolute atomic E-state index is 6.09. The van der Waals surface area contributed by atoms with Crippen molar-refractivity contribution in [3.05, 3.63) is 46.8 Å². The van der Waals surface area contributed by atoms with E-state index in [1.54, 1.807) is 0 Å². The third kappa shape index (κ3) is 4.69. The van der Waals surface area contributed by atoms with Crippen LogP contribution in [0.15, 0.2) is 29.3 Å². The highest BCUT2D eigenvalue weighted by Crippen LogP contribution is 2.31. The lowest BCUT2D eigenvalue weighted by molar-refractivity contribution is 0.262. The molecule has 1 unspecified atom stereocenters. The van der Waals surface area contributed by atoms with Crippen molar-refractivity contribution in [1.29, 1.82) is 0 Å². The molecule has 1 aliphatic heterocycles. The first-order chi connectivity index (χ1) is 12.1. The average molecular weight is 469 g/mol. The first-order valence-corrected chi connectivity index (χ1v) is 8.83. The maximum atomic E-state index is 6.09. The van der Waals surface area contributed by atoms with Gasteiger partial charge in [0.2, 0.25) is 0 Å². The first-order valence-electron chi connectivity index (χ1n) is 8.83. The molecule has 142 valence electrons. The molecule has 0 saturated carbocycles. The molecule has 1 aromatic heterocycles. The second-order valence-corrected chi connectivity index (χ2v) is 6.52. The molecule has 2 heterocycles. The van der Waals surface area contributed by atoms with Crippen molar-refractivity contribution >= 4 is 29.9 Å². The minimum absolute atomic E-state index is 0. The van der Waals surface area contributed by atoms with Crippen LogP contribution in [-0.4, -0.2) is 28.9 Å². The zero-order valence-corrected chi connectivity index (χ0v) is 18.0. The monoisotopic (exact) mass is 469 g/mol. The summed E-state index contributed by atoms with van der Waals surface area (Å²) in [6, 6.07) is 8.24. The zero-order valence-electron chi connectivity index (χ0n) is 15.7. The number of hydrogen-bond donors (Lipinski definition) is 2. The highest BCUT2D eigenvalue weighted by molar-refractivity contribution is 14.0. The smallest absolute Gasteiger partial charge is 0.189 e. The van der Waals surface area contributed by atoms with Gasteiger partial charge in [0, 0.05) is 31.3 Å². The largest absolute Gasteiger partial charge is 0.493 e. The van der Waals surface area contributed by atoms with Crippen molar-refractivity contribution in [2.75, 3.05) is 13.2 Å². The predicted octanol–water partition coefficient (Wildman–Crippen LogP) is 3.02. The van der Waals surface area contributed by atoms with E-state index in [0.717, 1.165) is 36.3 Å². The van der Waals surface area contributed by atoms with Gasteiger partial charge in [-0.05, 0) is 38.3 Å². The van der Waals surface area contributed by atoms with E-state index in [9.17, 15) is 0 Å². The Hall–Kier alpha value is -1.77. The minimum Gasteiger partial charge on any atom is -0.493 e. The Morgan fingerprint density at radius 3 is 2.88 bits per heavy atom. The molecule has 3 rings (SSSR count). The van der Waals surface area contributed by atoms with Crippen LogP contribution in [0.2, 0.25) is 0 Å². The average Bonchev–Trinajstić information content (AvgIpc) is 2.84. The quantitative estimate of drug-likeness (QED) is 0.306. The van der Waals surface area contributed by atoms with E-state index in [1.165, 1.54) is 11.3 Å². The van der Waals surface area contributed by atoms with Crippen LogP contribution in [0, 0.1) is 13.8 Å². The molecule has 0 spiro atoms. The molecule has 1 aliphatic rings. The summed E-state index contributed by atoms with van der Waals surface area (Å²) in [5.74, 6) is 1.43. The maximum Gasteiger partial charge on any atom is 0.189 e. The highest BCUT2D eigenvalue weighted by Gasteiger charge is 2.21. The van der Waals surface area contributed by atoms with Crippen LogP contribution < -0.4 is 15.8 Å². The highest BCUT2D eigenvalue weighted by atomic mass is 127. The zero-order chi connectivity index (χ0) is 17.8. The Kier molecular flexibility index (Phi) is 7.31. The summed E-state index contributed by atoms with van der Waals surface area (Å²) >= 11 is 0. The second-order valence-electron chi connectivity index (χ2n) is 6.52. The predicted molar refractivity (Wildman–Crippen MR) is 115 cm³/mol. The fraction of sp³-hybridized carbons (Fsp3) is 0.474. The standard InChI is InChI=1S/C19H27N5O.HI/c1-13-15(14(2)24(3)23-13)8-6-11-21-19(20)22-17-10-12-25-18-9-5-4-7-16(17)18;/h4-5,7,9,17H,6,8,10-12H2,1-3H3,(H3,20,21,22);1H. The SMILES string of the molecule is Cc1nn(C)c(C)c1CCCN=C(N)NC1CCOc2ccccc21.I. The van der Waals surface area contributed by atoms with Gasteiger partial charge in [-0.25, -0.2) is 0 Å². The molecule has 1 atom stereocenters. The second kappa shape index (κ2) is 9.25. The molecule has 26 heavy (non-hydrogen) atoms. The Morgan fingerprint density at radius 1 is 1.38 bits per heavy atom. The summed E-state index contributed by atoms with van der Waals surface area (Å²) in [5, 5.41) is 7.79. The van der Waals surface area contributed by atoms with Crippen molar-refractivity contribution in [2.24, 2.45) is 17.8 Å². The number of aryl methyl sites for hydroxylation is 2. The number of aromatic nitrogens is 2. The molecule has 3 N–H and O–H groups in total. The van der Waals surface area contributed by atoms with E-state index >= 15 is 0 Å². The summed E-state index contributed by atoms with van der Waals surface area (Å²) in [4.78, 5) is 4.49. The number of rotatable bonds is 5. The lowest BCUT2D eigenvalue weighted by Gasteiger charge is -2.26. The van der Waals surface area contributed by atoms with E-state index < -0.39 is 0 Å². The molecule has 0 radical (unpaired) electrons. The lowest BCUT2D eigenvalue weighted by Crippen LogP contribution is -2.37. The van der Waals surface area contributed by atoms with Crippen LogP contribution >= 0.6 is 24.0 Å². The van der Waals surface area contributed by atoms with Crippen LogP contribution in [-0.2, 0) is 13.5 Å². The molecular weight excluding hydrogens is 441 g/mol.